The van der Waals surface area contributed by atoms with Crippen LogP contribution >= 0.6 is 11.8 Å². The number of carbonyl (C=O) groups excluding carboxylic acids is 2. The van der Waals surface area contributed by atoms with Gasteiger partial charge in [0.2, 0.25) is 0 Å². The molecular weight excluding hydrogens is 378 g/mol. The van der Waals surface area contributed by atoms with E-state index in [1.165, 1.54) is 30.9 Å². The van der Waals surface area contributed by atoms with Crippen molar-refractivity contribution in [1.29, 1.82) is 0 Å². The molecule has 1 N–H and O–H groups in total. The summed E-state index contributed by atoms with van der Waals surface area (Å²) < 4.78 is 10.6. The lowest BCUT2D eigenvalue weighted by Gasteiger charge is -2.15. The second kappa shape index (κ2) is 8.95. The molecule has 3 rings (SSSR count). The van der Waals surface area contributed by atoms with Crippen LogP contribution in [0, 0.1) is 0 Å². The van der Waals surface area contributed by atoms with Gasteiger partial charge in [0.15, 0.2) is 11.5 Å². The van der Waals surface area contributed by atoms with Gasteiger partial charge in [0.05, 0.1) is 37.8 Å². The quantitative estimate of drug-likeness (QED) is 0.688. The summed E-state index contributed by atoms with van der Waals surface area (Å²) in [4.78, 5) is 27.7. The molecule has 0 aliphatic carbocycles. The summed E-state index contributed by atoms with van der Waals surface area (Å²) in [7, 11) is 3.05. The van der Waals surface area contributed by atoms with Gasteiger partial charge >= 0.3 is 0 Å². The lowest BCUT2D eigenvalue weighted by Crippen LogP contribution is -2.30. The molecule has 0 fully saturated rings. The summed E-state index contributed by atoms with van der Waals surface area (Å²) in [5, 5.41) is 9.20. The standard InChI is InChI=1S/C21H21NO5S/c1-26-16-9-8-15(12-17(16)27-2)18-19(28-11-10-23)21(25)22(20(18)24)13-14-6-4-3-5-7-14/h3-9,12,23H,10-11,13H2,1-2H3. The molecule has 1 aliphatic heterocycles. The summed E-state index contributed by atoms with van der Waals surface area (Å²) in [6.07, 6.45) is 0. The molecule has 146 valence electrons. The van der Waals surface area contributed by atoms with Crippen molar-refractivity contribution in [3.8, 4) is 11.5 Å². The molecule has 1 aliphatic rings. The largest absolute Gasteiger partial charge is 0.493 e. The molecule has 2 amide bonds. The smallest absolute Gasteiger partial charge is 0.268 e. The predicted molar refractivity (Wildman–Crippen MR) is 108 cm³/mol. The molecule has 0 saturated carbocycles. The van der Waals surface area contributed by atoms with Crippen LogP contribution in [0.5, 0.6) is 11.5 Å². The first kappa shape index (κ1) is 20.0. The molecule has 0 atom stereocenters. The minimum absolute atomic E-state index is 0.0897. The number of thioether (sulfide) groups is 1. The number of ether oxygens (including phenoxy) is 2. The van der Waals surface area contributed by atoms with Gasteiger partial charge < -0.3 is 14.6 Å². The Bertz CT molecular complexity index is 910. The van der Waals surface area contributed by atoms with Gasteiger partial charge in [0, 0.05) is 5.75 Å². The molecule has 28 heavy (non-hydrogen) atoms. The van der Waals surface area contributed by atoms with Crippen LogP contribution in [0.25, 0.3) is 5.57 Å². The van der Waals surface area contributed by atoms with Crippen molar-refractivity contribution >= 4 is 29.1 Å². The van der Waals surface area contributed by atoms with Crippen molar-refractivity contribution in [1.82, 2.24) is 4.90 Å². The van der Waals surface area contributed by atoms with Crippen LogP contribution in [0.1, 0.15) is 11.1 Å². The van der Waals surface area contributed by atoms with E-state index in [0.29, 0.717) is 33.3 Å². The van der Waals surface area contributed by atoms with Crippen molar-refractivity contribution in [3.63, 3.8) is 0 Å². The van der Waals surface area contributed by atoms with Crippen LogP contribution in [0.2, 0.25) is 0 Å². The van der Waals surface area contributed by atoms with E-state index in [1.807, 2.05) is 30.3 Å². The van der Waals surface area contributed by atoms with Crippen LogP contribution in [-0.2, 0) is 16.1 Å². The van der Waals surface area contributed by atoms with Gasteiger partial charge in [-0.2, -0.15) is 0 Å². The number of methoxy groups -OCH3 is 2. The average Bonchev–Trinajstić information content (AvgIpc) is 2.96. The number of carbonyl (C=O) groups is 2. The van der Waals surface area contributed by atoms with E-state index >= 15 is 0 Å². The summed E-state index contributed by atoms with van der Waals surface area (Å²) in [6.45, 7) is 0.103. The fourth-order valence-corrected chi connectivity index (χ4v) is 3.87. The summed E-state index contributed by atoms with van der Waals surface area (Å²) >= 11 is 1.18. The molecule has 1 heterocycles. The van der Waals surface area contributed by atoms with Crippen LogP contribution in [0.4, 0.5) is 0 Å². The van der Waals surface area contributed by atoms with Crippen LogP contribution in [-0.4, -0.2) is 48.4 Å². The van der Waals surface area contributed by atoms with Crippen molar-refractivity contribution in [3.05, 3.63) is 64.6 Å². The Morgan fingerprint density at radius 1 is 0.964 bits per heavy atom. The van der Waals surface area contributed by atoms with Gasteiger partial charge in [0.1, 0.15) is 0 Å². The van der Waals surface area contributed by atoms with Gasteiger partial charge in [-0.1, -0.05) is 36.4 Å². The summed E-state index contributed by atoms with van der Waals surface area (Å²) in [5.41, 5.74) is 1.76. The molecule has 6 nitrogen and oxygen atoms in total. The van der Waals surface area contributed by atoms with E-state index in [0.717, 1.165) is 5.56 Å². The van der Waals surface area contributed by atoms with Gasteiger partial charge in [0.25, 0.3) is 11.8 Å². The van der Waals surface area contributed by atoms with Crippen molar-refractivity contribution in [2.75, 3.05) is 26.6 Å². The first-order valence-electron chi connectivity index (χ1n) is 8.71. The molecule has 0 radical (unpaired) electrons. The highest BCUT2D eigenvalue weighted by molar-refractivity contribution is 8.04. The Morgan fingerprint density at radius 2 is 1.68 bits per heavy atom. The van der Waals surface area contributed by atoms with Gasteiger partial charge in [-0.3, -0.25) is 14.5 Å². The second-order valence-electron chi connectivity index (χ2n) is 6.03. The zero-order valence-electron chi connectivity index (χ0n) is 15.7. The molecule has 0 aromatic heterocycles. The second-order valence-corrected chi connectivity index (χ2v) is 7.13. The average molecular weight is 399 g/mol. The number of benzene rings is 2. The molecule has 0 bridgehead atoms. The molecule has 0 spiro atoms. The van der Waals surface area contributed by atoms with Crippen molar-refractivity contribution in [2.24, 2.45) is 0 Å². The van der Waals surface area contributed by atoms with Crippen LogP contribution < -0.4 is 9.47 Å². The summed E-state index contributed by atoms with van der Waals surface area (Å²) in [5.74, 6) is 0.623. The first-order chi connectivity index (χ1) is 13.6. The minimum atomic E-state index is -0.360. The Morgan fingerprint density at radius 3 is 2.32 bits per heavy atom. The van der Waals surface area contributed by atoms with E-state index in [2.05, 4.69) is 0 Å². The highest BCUT2D eigenvalue weighted by Gasteiger charge is 2.39. The maximum absolute atomic E-state index is 13.1. The van der Waals surface area contributed by atoms with Crippen LogP contribution in [0.3, 0.4) is 0 Å². The topological polar surface area (TPSA) is 76.1 Å². The fourth-order valence-electron chi connectivity index (χ4n) is 2.99. The number of aliphatic hydroxyl groups excluding tert-OH is 1. The number of amides is 2. The Balaban J connectivity index is 2.01. The number of aliphatic hydroxyl groups is 1. The van der Waals surface area contributed by atoms with E-state index in [-0.39, 0.29) is 25.0 Å². The van der Waals surface area contributed by atoms with Crippen LogP contribution in [0.15, 0.2) is 53.4 Å². The highest BCUT2D eigenvalue weighted by Crippen LogP contribution is 2.39. The molecule has 2 aromatic carbocycles. The van der Waals surface area contributed by atoms with Gasteiger partial charge in [-0.15, -0.1) is 11.8 Å². The van der Waals surface area contributed by atoms with Gasteiger partial charge in [-0.25, -0.2) is 0 Å². The maximum Gasteiger partial charge on any atom is 0.268 e. The van der Waals surface area contributed by atoms with E-state index in [9.17, 15) is 14.7 Å². The van der Waals surface area contributed by atoms with E-state index < -0.39 is 0 Å². The number of imide groups is 1. The lowest BCUT2D eigenvalue weighted by atomic mass is 10.1. The number of rotatable bonds is 8. The number of nitrogens with zero attached hydrogens (tertiary/aromatic N) is 1. The third-order valence-electron chi connectivity index (χ3n) is 4.32. The summed E-state index contributed by atoms with van der Waals surface area (Å²) in [6, 6.07) is 14.5. The molecule has 2 aromatic rings. The maximum atomic E-state index is 13.1. The lowest BCUT2D eigenvalue weighted by molar-refractivity contribution is -0.137. The van der Waals surface area contributed by atoms with Crippen molar-refractivity contribution in [2.45, 2.75) is 6.54 Å². The number of hydrogen-bond acceptors (Lipinski definition) is 6. The Labute approximate surface area is 167 Å². The molecular formula is C21H21NO5S. The zero-order valence-corrected chi connectivity index (χ0v) is 16.5. The molecule has 7 heteroatoms. The first-order valence-corrected chi connectivity index (χ1v) is 9.69. The normalized spacial score (nSPS) is 14.0. The SMILES string of the molecule is COc1ccc(C2=C(SCCO)C(=O)N(Cc3ccccc3)C2=O)cc1OC. The molecule has 0 saturated heterocycles. The Kier molecular flexibility index (Phi) is 6.38. The third-order valence-corrected chi connectivity index (χ3v) is 5.37. The highest BCUT2D eigenvalue weighted by atomic mass is 32.2. The third kappa shape index (κ3) is 3.90. The van der Waals surface area contributed by atoms with Crippen molar-refractivity contribution < 1.29 is 24.2 Å². The minimum Gasteiger partial charge on any atom is -0.493 e. The Hall–Kier alpha value is -2.77. The predicted octanol–water partition coefficient (Wildman–Crippen LogP) is 2.71. The van der Waals surface area contributed by atoms with E-state index in [4.69, 9.17) is 9.47 Å². The molecule has 0 unspecified atom stereocenters. The monoisotopic (exact) mass is 399 g/mol. The number of hydrogen-bond donors (Lipinski definition) is 1. The zero-order chi connectivity index (χ0) is 20.1. The fraction of sp³-hybridized carbons (Fsp3) is 0.238. The van der Waals surface area contributed by atoms with E-state index in [1.54, 1.807) is 18.2 Å². The van der Waals surface area contributed by atoms with Gasteiger partial charge in [-0.05, 0) is 23.3 Å².